The van der Waals surface area contributed by atoms with Crippen molar-refractivity contribution in [1.29, 1.82) is 0 Å². The molecule has 2 atom stereocenters. The minimum absolute atomic E-state index is 0.146. The predicted octanol–water partition coefficient (Wildman–Crippen LogP) is 3.13. The first-order valence-corrected chi connectivity index (χ1v) is 10.0. The van der Waals surface area contributed by atoms with Crippen LogP contribution in [-0.2, 0) is 22.7 Å². The Kier molecular flexibility index (Phi) is 5.92. The maximum absolute atomic E-state index is 11.2. The molecule has 2 N–H and O–H groups in total. The summed E-state index contributed by atoms with van der Waals surface area (Å²) in [4.78, 5) is 24.4. The van der Waals surface area contributed by atoms with Crippen molar-refractivity contribution in [2.75, 3.05) is 12.3 Å². The minimum atomic E-state index is -0.253. The van der Waals surface area contributed by atoms with Crippen molar-refractivity contribution >= 4 is 23.1 Å². The monoisotopic (exact) mass is 407 g/mol. The van der Waals surface area contributed by atoms with Gasteiger partial charge in [0.2, 0.25) is 11.8 Å². The first-order chi connectivity index (χ1) is 14.6. The summed E-state index contributed by atoms with van der Waals surface area (Å²) in [5, 5.41) is 0. The second kappa shape index (κ2) is 8.94. The smallest absolute Gasteiger partial charge is 0.302 e. The molecule has 1 aromatic carbocycles. The Balaban J connectivity index is 1.54. The predicted molar refractivity (Wildman–Crippen MR) is 112 cm³/mol. The number of hydrogen-bond donors (Lipinski definition) is 1. The van der Waals surface area contributed by atoms with Crippen LogP contribution in [0.3, 0.4) is 0 Å². The Morgan fingerprint density at radius 3 is 2.70 bits per heavy atom. The van der Waals surface area contributed by atoms with Crippen LogP contribution in [0.2, 0.25) is 0 Å². The van der Waals surface area contributed by atoms with E-state index in [0.29, 0.717) is 42.7 Å². The van der Waals surface area contributed by atoms with E-state index in [9.17, 15) is 4.79 Å². The Bertz CT molecular complexity index is 1050. The van der Waals surface area contributed by atoms with Gasteiger partial charge in [0.25, 0.3) is 0 Å². The fourth-order valence-corrected chi connectivity index (χ4v) is 3.73. The number of rotatable bonds is 7. The summed E-state index contributed by atoms with van der Waals surface area (Å²) < 4.78 is 13.1. The number of aromatic nitrogens is 4. The largest absolute Gasteiger partial charge is 0.471 e. The van der Waals surface area contributed by atoms with Crippen molar-refractivity contribution in [3.63, 3.8) is 0 Å². The minimum Gasteiger partial charge on any atom is -0.471 e. The fourth-order valence-electron chi connectivity index (χ4n) is 3.73. The number of anilines is 1. The number of nitrogen functional groups attached to an aromatic ring is 1. The van der Waals surface area contributed by atoms with E-state index < -0.39 is 0 Å². The van der Waals surface area contributed by atoms with E-state index >= 15 is 0 Å². The molecule has 0 aliphatic heterocycles. The van der Waals surface area contributed by atoms with Crippen LogP contribution >= 0.6 is 0 Å². The van der Waals surface area contributed by atoms with Crippen LogP contribution in [0, 0.1) is 11.8 Å². The molecule has 156 valence electrons. The van der Waals surface area contributed by atoms with Crippen LogP contribution in [0.15, 0.2) is 48.8 Å². The van der Waals surface area contributed by atoms with Gasteiger partial charge in [-0.15, -0.1) is 0 Å². The molecular formula is C22H25N5O3. The second-order valence-corrected chi connectivity index (χ2v) is 7.50. The first-order valence-electron chi connectivity index (χ1n) is 10.0. The molecule has 0 bridgehead atoms. The normalized spacial score (nSPS) is 18.4. The lowest BCUT2D eigenvalue weighted by atomic mass is 9.83. The number of fused-ring (bicyclic) bond motifs is 1. The van der Waals surface area contributed by atoms with Gasteiger partial charge in [-0.3, -0.25) is 4.79 Å². The highest BCUT2D eigenvalue weighted by molar-refractivity contribution is 5.77. The Hall–Kier alpha value is -3.42. The van der Waals surface area contributed by atoms with Crippen molar-refractivity contribution in [3.8, 4) is 5.88 Å². The van der Waals surface area contributed by atoms with Crippen molar-refractivity contribution in [2.45, 2.75) is 32.9 Å². The molecule has 0 saturated heterocycles. The first kappa shape index (κ1) is 19.9. The number of carbonyl (C=O) groups is 1. The highest BCUT2D eigenvalue weighted by atomic mass is 16.5. The molecule has 2 heterocycles. The SMILES string of the molecule is CC(=O)OC[C@@H]1CC=CCC1Cn1cnc2c(OCc3ccccc3)nc(N)nc21. The van der Waals surface area contributed by atoms with Crippen molar-refractivity contribution in [3.05, 3.63) is 54.4 Å². The van der Waals surface area contributed by atoms with Gasteiger partial charge in [-0.25, -0.2) is 4.98 Å². The van der Waals surface area contributed by atoms with Crippen LogP contribution in [0.1, 0.15) is 25.3 Å². The van der Waals surface area contributed by atoms with Crippen LogP contribution in [0.5, 0.6) is 5.88 Å². The summed E-state index contributed by atoms with van der Waals surface area (Å²) in [7, 11) is 0. The van der Waals surface area contributed by atoms with Gasteiger partial charge >= 0.3 is 5.97 Å². The molecule has 3 aromatic rings. The number of allylic oxidation sites excluding steroid dienone is 2. The van der Waals surface area contributed by atoms with E-state index in [1.54, 1.807) is 6.33 Å². The second-order valence-electron chi connectivity index (χ2n) is 7.50. The molecule has 1 aliphatic rings. The van der Waals surface area contributed by atoms with Crippen LogP contribution in [0.25, 0.3) is 11.2 Å². The summed E-state index contributed by atoms with van der Waals surface area (Å²) >= 11 is 0. The molecule has 0 radical (unpaired) electrons. The van der Waals surface area contributed by atoms with Crippen molar-refractivity contribution < 1.29 is 14.3 Å². The molecule has 0 saturated carbocycles. The number of ether oxygens (including phenoxy) is 2. The summed E-state index contributed by atoms with van der Waals surface area (Å²) in [6.45, 7) is 2.92. The summed E-state index contributed by atoms with van der Waals surface area (Å²) in [5.41, 5.74) is 8.21. The molecule has 8 nitrogen and oxygen atoms in total. The quantitative estimate of drug-likeness (QED) is 0.474. The Labute approximate surface area is 174 Å². The molecule has 8 heteroatoms. The third kappa shape index (κ3) is 4.59. The molecule has 1 unspecified atom stereocenters. The van der Waals surface area contributed by atoms with E-state index in [1.807, 2.05) is 34.9 Å². The van der Waals surface area contributed by atoms with E-state index in [1.165, 1.54) is 6.92 Å². The third-order valence-corrected chi connectivity index (χ3v) is 5.31. The molecule has 0 spiro atoms. The summed E-state index contributed by atoms with van der Waals surface area (Å²) in [6, 6.07) is 9.85. The van der Waals surface area contributed by atoms with E-state index in [-0.39, 0.29) is 17.8 Å². The molecule has 2 aromatic heterocycles. The van der Waals surface area contributed by atoms with Gasteiger partial charge in [0.1, 0.15) is 6.61 Å². The van der Waals surface area contributed by atoms with Gasteiger partial charge in [-0.1, -0.05) is 42.5 Å². The molecule has 0 amide bonds. The van der Waals surface area contributed by atoms with Crippen molar-refractivity contribution in [1.82, 2.24) is 19.5 Å². The zero-order valence-electron chi connectivity index (χ0n) is 16.9. The number of carbonyl (C=O) groups excluding carboxylic acids is 1. The number of benzene rings is 1. The van der Waals surface area contributed by atoms with Crippen LogP contribution < -0.4 is 10.5 Å². The highest BCUT2D eigenvalue weighted by Crippen LogP contribution is 2.30. The molecule has 30 heavy (non-hydrogen) atoms. The van der Waals surface area contributed by atoms with Gasteiger partial charge in [0, 0.05) is 19.4 Å². The molecule has 0 fully saturated rings. The lowest BCUT2D eigenvalue weighted by Gasteiger charge is -2.28. The van der Waals surface area contributed by atoms with Gasteiger partial charge in [-0.2, -0.15) is 9.97 Å². The van der Waals surface area contributed by atoms with Crippen molar-refractivity contribution in [2.24, 2.45) is 11.8 Å². The number of nitrogens with zero attached hydrogens (tertiary/aromatic N) is 4. The molecule has 4 rings (SSSR count). The Morgan fingerprint density at radius 2 is 1.93 bits per heavy atom. The number of hydrogen-bond acceptors (Lipinski definition) is 7. The van der Waals surface area contributed by atoms with E-state index in [2.05, 4.69) is 27.1 Å². The number of esters is 1. The Morgan fingerprint density at radius 1 is 1.17 bits per heavy atom. The summed E-state index contributed by atoms with van der Waals surface area (Å²) in [5.74, 6) is 0.825. The van der Waals surface area contributed by atoms with E-state index in [0.717, 1.165) is 18.4 Å². The topological polar surface area (TPSA) is 105 Å². The lowest BCUT2D eigenvalue weighted by molar-refractivity contribution is -0.143. The zero-order valence-corrected chi connectivity index (χ0v) is 16.9. The third-order valence-electron chi connectivity index (χ3n) is 5.31. The number of nitrogens with two attached hydrogens (primary N) is 1. The van der Waals surface area contributed by atoms with Gasteiger partial charge < -0.3 is 19.8 Å². The molecule has 1 aliphatic carbocycles. The average Bonchev–Trinajstić information content (AvgIpc) is 3.14. The molecular weight excluding hydrogens is 382 g/mol. The van der Waals surface area contributed by atoms with Gasteiger partial charge in [0.15, 0.2) is 11.2 Å². The van der Waals surface area contributed by atoms with Crippen LogP contribution in [-0.4, -0.2) is 32.1 Å². The van der Waals surface area contributed by atoms with Gasteiger partial charge in [-0.05, 0) is 24.3 Å². The average molecular weight is 407 g/mol. The highest BCUT2D eigenvalue weighted by Gasteiger charge is 2.25. The standard InChI is InChI=1S/C22H25N5O3/c1-15(28)29-13-18-10-6-5-9-17(18)11-27-14-24-19-20(27)25-22(23)26-21(19)30-12-16-7-3-2-4-8-16/h2-8,14,17-18H,9-13H2,1H3,(H2,23,25,26)/t17?,18-/m0/s1. The van der Waals surface area contributed by atoms with Crippen LogP contribution in [0.4, 0.5) is 5.95 Å². The maximum Gasteiger partial charge on any atom is 0.302 e. The maximum atomic E-state index is 11.2. The van der Waals surface area contributed by atoms with E-state index in [4.69, 9.17) is 15.2 Å². The zero-order chi connectivity index (χ0) is 20.9. The summed E-state index contributed by atoms with van der Waals surface area (Å²) in [6.07, 6.45) is 7.85. The van der Waals surface area contributed by atoms with Gasteiger partial charge in [0.05, 0.1) is 12.9 Å². The lowest BCUT2D eigenvalue weighted by Crippen LogP contribution is -2.26. The fraction of sp³-hybridized carbons (Fsp3) is 0.364. The number of imidazole rings is 1.